The fourth-order valence-corrected chi connectivity index (χ4v) is 1.38. The van der Waals surface area contributed by atoms with Gasteiger partial charge in [-0.15, -0.1) is 0 Å². The molecule has 0 bridgehead atoms. The molecular weight excluding hydrogens is 168 g/mol. The highest BCUT2D eigenvalue weighted by molar-refractivity contribution is 5.91. The lowest BCUT2D eigenvalue weighted by Gasteiger charge is -2.11. The zero-order valence-corrected chi connectivity index (χ0v) is 7.84. The van der Waals surface area contributed by atoms with E-state index in [1.54, 1.807) is 6.08 Å². The van der Waals surface area contributed by atoms with E-state index in [9.17, 15) is 9.59 Å². The molecule has 1 aliphatic carbocycles. The Morgan fingerprint density at radius 3 is 2.92 bits per heavy atom. The van der Waals surface area contributed by atoms with Crippen LogP contribution in [0, 0.1) is 0 Å². The summed E-state index contributed by atoms with van der Waals surface area (Å²) in [6, 6.07) is 0. The molecule has 0 heterocycles. The van der Waals surface area contributed by atoms with Gasteiger partial charge in [0, 0.05) is 19.8 Å². The smallest absolute Gasteiger partial charge is 0.302 e. The summed E-state index contributed by atoms with van der Waals surface area (Å²) in [7, 11) is 0. The van der Waals surface area contributed by atoms with Gasteiger partial charge in [-0.3, -0.25) is 9.59 Å². The van der Waals surface area contributed by atoms with Gasteiger partial charge in [-0.1, -0.05) is 5.57 Å². The van der Waals surface area contributed by atoms with Crippen LogP contribution in [0.2, 0.25) is 0 Å². The second-order valence-electron chi connectivity index (χ2n) is 3.21. The van der Waals surface area contributed by atoms with E-state index in [2.05, 4.69) is 0 Å². The number of rotatable bonds is 3. The maximum atomic E-state index is 11.0. The predicted octanol–water partition coefficient (Wildman–Crippen LogP) is 1.62. The molecule has 72 valence electrons. The first-order valence-electron chi connectivity index (χ1n) is 4.54. The number of ether oxygens (including phenoxy) is 1. The Morgan fingerprint density at radius 1 is 1.54 bits per heavy atom. The molecule has 0 aromatic heterocycles. The third-order valence-electron chi connectivity index (χ3n) is 2.01. The quantitative estimate of drug-likeness (QED) is 0.623. The van der Waals surface area contributed by atoms with Crippen molar-refractivity contribution >= 4 is 11.8 Å². The van der Waals surface area contributed by atoms with Gasteiger partial charge in [-0.05, 0) is 18.9 Å². The van der Waals surface area contributed by atoms with Crippen LogP contribution in [0.4, 0.5) is 0 Å². The minimum Gasteiger partial charge on any atom is -0.466 e. The van der Waals surface area contributed by atoms with E-state index in [0.717, 1.165) is 18.4 Å². The number of carbonyl (C=O) groups is 2. The van der Waals surface area contributed by atoms with E-state index in [-0.39, 0.29) is 11.8 Å². The van der Waals surface area contributed by atoms with Crippen LogP contribution in [-0.4, -0.2) is 18.4 Å². The van der Waals surface area contributed by atoms with Crippen molar-refractivity contribution in [2.24, 2.45) is 0 Å². The topological polar surface area (TPSA) is 43.4 Å². The van der Waals surface area contributed by atoms with Gasteiger partial charge >= 0.3 is 5.97 Å². The van der Waals surface area contributed by atoms with Gasteiger partial charge in [0.1, 0.15) is 0 Å². The van der Waals surface area contributed by atoms with Gasteiger partial charge in [0.2, 0.25) is 0 Å². The SMILES string of the molecule is CC(=O)OCCC1=CC(=O)CCC1. The third-order valence-corrected chi connectivity index (χ3v) is 2.01. The Bertz CT molecular complexity index is 241. The summed E-state index contributed by atoms with van der Waals surface area (Å²) in [6.07, 6.45) is 4.95. The summed E-state index contributed by atoms with van der Waals surface area (Å²) >= 11 is 0. The largest absolute Gasteiger partial charge is 0.466 e. The molecule has 0 fully saturated rings. The second-order valence-corrected chi connectivity index (χ2v) is 3.21. The van der Waals surface area contributed by atoms with E-state index >= 15 is 0 Å². The molecule has 0 aromatic rings. The Balaban J connectivity index is 2.28. The fraction of sp³-hybridized carbons (Fsp3) is 0.600. The van der Waals surface area contributed by atoms with Crippen LogP contribution in [0.15, 0.2) is 11.6 Å². The first-order valence-corrected chi connectivity index (χ1v) is 4.54. The van der Waals surface area contributed by atoms with Crippen LogP contribution in [0.25, 0.3) is 0 Å². The monoisotopic (exact) mass is 182 g/mol. The average molecular weight is 182 g/mol. The maximum absolute atomic E-state index is 11.0. The highest BCUT2D eigenvalue weighted by Gasteiger charge is 2.09. The molecule has 3 heteroatoms. The first-order chi connectivity index (χ1) is 6.18. The normalized spacial score (nSPS) is 16.7. The summed E-state index contributed by atoms with van der Waals surface area (Å²) < 4.78 is 4.79. The number of hydrogen-bond donors (Lipinski definition) is 0. The van der Waals surface area contributed by atoms with E-state index < -0.39 is 0 Å². The van der Waals surface area contributed by atoms with Gasteiger partial charge < -0.3 is 4.74 Å². The molecule has 0 aromatic carbocycles. The standard InChI is InChI=1S/C10H14O3/c1-8(11)13-6-5-9-3-2-4-10(12)7-9/h7H,2-6H2,1H3. The lowest BCUT2D eigenvalue weighted by Crippen LogP contribution is -2.06. The number of ketones is 1. The van der Waals surface area contributed by atoms with Crippen LogP contribution >= 0.6 is 0 Å². The van der Waals surface area contributed by atoms with E-state index in [4.69, 9.17) is 4.74 Å². The molecule has 0 aliphatic heterocycles. The third kappa shape index (κ3) is 3.87. The summed E-state index contributed by atoms with van der Waals surface area (Å²) in [4.78, 5) is 21.4. The molecule has 0 spiro atoms. The van der Waals surface area contributed by atoms with E-state index in [0.29, 0.717) is 19.4 Å². The number of hydrogen-bond acceptors (Lipinski definition) is 3. The summed E-state index contributed by atoms with van der Waals surface area (Å²) in [5.74, 6) is -0.0631. The molecule has 13 heavy (non-hydrogen) atoms. The zero-order valence-electron chi connectivity index (χ0n) is 7.84. The van der Waals surface area contributed by atoms with Gasteiger partial charge in [0.25, 0.3) is 0 Å². The molecule has 0 unspecified atom stereocenters. The van der Waals surface area contributed by atoms with Crippen LogP contribution in [0.3, 0.4) is 0 Å². The molecule has 3 nitrogen and oxygen atoms in total. The molecule has 1 aliphatic rings. The van der Waals surface area contributed by atoms with Crippen molar-refractivity contribution in [2.75, 3.05) is 6.61 Å². The van der Waals surface area contributed by atoms with Crippen molar-refractivity contribution in [3.63, 3.8) is 0 Å². The predicted molar refractivity (Wildman–Crippen MR) is 48.2 cm³/mol. The minimum atomic E-state index is -0.261. The number of allylic oxidation sites excluding steroid dienone is 1. The molecule has 1 rings (SSSR count). The van der Waals surface area contributed by atoms with Crippen LogP contribution in [0.5, 0.6) is 0 Å². The molecular formula is C10H14O3. The lowest BCUT2D eigenvalue weighted by atomic mass is 9.97. The van der Waals surface area contributed by atoms with Crippen molar-refractivity contribution < 1.29 is 14.3 Å². The van der Waals surface area contributed by atoms with Crippen LogP contribution in [0.1, 0.15) is 32.6 Å². The molecule has 0 saturated carbocycles. The molecule has 0 radical (unpaired) electrons. The summed E-state index contributed by atoms with van der Waals surface area (Å²) in [5.41, 5.74) is 1.11. The van der Waals surface area contributed by atoms with Gasteiger partial charge in [-0.2, -0.15) is 0 Å². The van der Waals surface area contributed by atoms with Crippen molar-refractivity contribution in [3.8, 4) is 0 Å². The van der Waals surface area contributed by atoms with E-state index in [1.807, 2.05) is 0 Å². The maximum Gasteiger partial charge on any atom is 0.302 e. The molecule has 0 amide bonds. The second kappa shape index (κ2) is 4.80. The fourth-order valence-electron chi connectivity index (χ4n) is 1.38. The van der Waals surface area contributed by atoms with Gasteiger partial charge in [-0.25, -0.2) is 0 Å². The number of esters is 1. The Hall–Kier alpha value is -1.12. The highest BCUT2D eigenvalue weighted by atomic mass is 16.5. The van der Waals surface area contributed by atoms with Crippen molar-refractivity contribution in [1.29, 1.82) is 0 Å². The molecule has 0 N–H and O–H groups in total. The Kier molecular flexibility index (Phi) is 3.68. The van der Waals surface area contributed by atoms with Crippen molar-refractivity contribution in [3.05, 3.63) is 11.6 Å². The van der Waals surface area contributed by atoms with Gasteiger partial charge in [0.15, 0.2) is 5.78 Å². The van der Waals surface area contributed by atoms with Crippen LogP contribution < -0.4 is 0 Å². The zero-order chi connectivity index (χ0) is 9.68. The first kappa shape index (κ1) is 9.96. The Morgan fingerprint density at radius 2 is 2.31 bits per heavy atom. The average Bonchev–Trinajstić information content (AvgIpc) is 2.03. The van der Waals surface area contributed by atoms with Crippen LogP contribution in [-0.2, 0) is 14.3 Å². The minimum absolute atomic E-state index is 0.198. The summed E-state index contributed by atoms with van der Waals surface area (Å²) in [6.45, 7) is 1.79. The summed E-state index contributed by atoms with van der Waals surface area (Å²) in [5, 5.41) is 0. The lowest BCUT2D eigenvalue weighted by molar-refractivity contribution is -0.140. The number of carbonyl (C=O) groups excluding carboxylic acids is 2. The highest BCUT2D eigenvalue weighted by Crippen LogP contribution is 2.17. The molecule has 0 atom stereocenters. The molecule has 0 saturated heterocycles. The van der Waals surface area contributed by atoms with Crippen molar-refractivity contribution in [1.82, 2.24) is 0 Å². The van der Waals surface area contributed by atoms with Crippen molar-refractivity contribution in [2.45, 2.75) is 32.6 Å². The Labute approximate surface area is 77.8 Å². The van der Waals surface area contributed by atoms with E-state index in [1.165, 1.54) is 6.92 Å². The van der Waals surface area contributed by atoms with Gasteiger partial charge in [0.05, 0.1) is 6.61 Å².